The van der Waals surface area contributed by atoms with E-state index < -0.39 is 17.6 Å². The van der Waals surface area contributed by atoms with Crippen LogP contribution in [0, 0.1) is 6.92 Å². The van der Waals surface area contributed by atoms with Crippen LogP contribution in [-0.4, -0.2) is 39.1 Å². The molecule has 1 aromatic carbocycles. The number of anilines is 1. The van der Waals surface area contributed by atoms with Gasteiger partial charge in [0.1, 0.15) is 5.76 Å². The van der Waals surface area contributed by atoms with Gasteiger partial charge in [0.2, 0.25) is 5.91 Å². The summed E-state index contributed by atoms with van der Waals surface area (Å²) in [5, 5.41) is 11.5. The lowest BCUT2D eigenvalue weighted by Gasteiger charge is -2.14. The van der Waals surface area contributed by atoms with E-state index in [9.17, 15) is 18.0 Å². The molecule has 7 nitrogen and oxygen atoms in total. The summed E-state index contributed by atoms with van der Waals surface area (Å²) >= 11 is 1.16. The number of hydrogen-bond donors (Lipinski definition) is 1. The summed E-state index contributed by atoms with van der Waals surface area (Å²) in [5.74, 6) is 0.837. The van der Waals surface area contributed by atoms with Gasteiger partial charge in [0.05, 0.1) is 35.8 Å². The van der Waals surface area contributed by atoms with Crippen LogP contribution in [0.3, 0.4) is 0 Å². The first-order chi connectivity index (χ1) is 15.3. The zero-order valence-corrected chi connectivity index (χ0v) is 18.0. The monoisotopic (exact) mass is 466 g/mol. The van der Waals surface area contributed by atoms with Crippen LogP contribution >= 0.6 is 11.8 Å². The van der Waals surface area contributed by atoms with Gasteiger partial charge >= 0.3 is 6.18 Å². The Bertz CT molecular complexity index is 1090. The Labute approximate surface area is 186 Å². The van der Waals surface area contributed by atoms with Crippen LogP contribution in [0.1, 0.15) is 24.2 Å². The third-order valence-corrected chi connectivity index (χ3v) is 6.00. The predicted molar refractivity (Wildman–Crippen MR) is 112 cm³/mol. The molecule has 2 aromatic heterocycles. The maximum absolute atomic E-state index is 12.9. The molecule has 0 saturated carbocycles. The Kier molecular flexibility index (Phi) is 6.56. The molecule has 1 amide bonds. The third kappa shape index (κ3) is 5.16. The van der Waals surface area contributed by atoms with Crippen molar-refractivity contribution in [3.8, 4) is 11.4 Å². The molecule has 1 aliphatic heterocycles. The van der Waals surface area contributed by atoms with Crippen molar-refractivity contribution in [2.45, 2.75) is 43.7 Å². The van der Waals surface area contributed by atoms with Crippen LogP contribution in [0.25, 0.3) is 11.4 Å². The second kappa shape index (κ2) is 9.37. The normalized spacial score (nSPS) is 16.4. The molecule has 1 saturated heterocycles. The van der Waals surface area contributed by atoms with Crippen molar-refractivity contribution in [3.63, 3.8) is 0 Å². The highest BCUT2D eigenvalue weighted by molar-refractivity contribution is 7.99. The fourth-order valence-electron chi connectivity index (χ4n) is 3.47. The van der Waals surface area contributed by atoms with E-state index in [0.717, 1.165) is 42.3 Å². The number of carbonyl (C=O) groups is 1. The maximum Gasteiger partial charge on any atom is 0.416 e. The summed E-state index contributed by atoms with van der Waals surface area (Å²) in [6.45, 7) is 3.06. The lowest BCUT2D eigenvalue weighted by atomic mass is 10.2. The van der Waals surface area contributed by atoms with Crippen molar-refractivity contribution in [1.29, 1.82) is 0 Å². The second-order valence-corrected chi connectivity index (χ2v) is 8.30. The van der Waals surface area contributed by atoms with Crippen molar-refractivity contribution in [2.75, 3.05) is 17.7 Å². The van der Waals surface area contributed by atoms with E-state index >= 15 is 0 Å². The van der Waals surface area contributed by atoms with Gasteiger partial charge in [-0.05, 0) is 44.0 Å². The summed E-state index contributed by atoms with van der Waals surface area (Å²) in [4.78, 5) is 12.4. The Morgan fingerprint density at radius 3 is 2.84 bits per heavy atom. The number of alkyl halides is 3. The maximum atomic E-state index is 12.9. The van der Waals surface area contributed by atoms with E-state index in [0.29, 0.717) is 29.9 Å². The van der Waals surface area contributed by atoms with Gasteiger partial charge in [-0.3, -0.25) is 9.36 Å². The van der Waals surface area contributed by atoms with E-state index in [4.69, 9.17) is 9.15 Å². The number of aryl methyl sites for hydroxylation is 1. The first kappa shape index (κ1) is 22.4. The Morgan fingerprint density at radius 1 is 1.31 bits per heavy atom. The number of furan rings is 1. The predicted octanol–water partition coefficient (Wildman–Crippen LogP) is 4.78. The largest absolute Gasteiger partial charge is 0.469 e. The topological polar surface area (TPSA) is 82.2 Å². The van der Waals surface area contributed by atoms with Gasteiger partial charge in [0, 0.05) is 12.3 Å². The second-order valence-electron chi connectivity index (χ2n) is 7.36. The fraction of sp³-hybridized carbons (Fsp3) is 0.381. The molecular formula is C21H21F3N4O3S. The smallest absolute Gasteiger partial charge is 0.416 e. The molecule has 1 fully saturated rings. The highest BCUT2D eigenvalue weighted by Gasteiger charge is 2.30. The molecule has 0 radical (unpaired) electrons. The number of halogens is 3. The molecule has 3 heterocycles. The van der Waals surface area contributed by atoms with Crippen LogP contribution < -0.4 is 5.32 Å². The number of amides is 1. The molecule has 11 heteroatoms. The number of rotatable bonds is 7. The highest BCUT2D eigenvalue weighted by Crippen LogP contribution is 2.31. The van der Waals surface area contributed by atoms with Crippen LogP contribution in [0.15, 0.2) is 46.2 Å². The van der Waals surface area contributed by atoms with E-state index in [-0.39, 0.29) is 17.5 Å². The molecule has 170 valence electrons. The van der Waals surface area contributed by atoms with E-state index in [1.807, 2.05) is 11.5 Å². The summed E-state index contributed by atoms with van der Waals surface area (Å²) in [7, 11) is 0. The van der Waals surface area contributed by atoms with Crippen molar-refractivity contribution >= 4 is 23.4 Å². The number of nitrogens with zero attached hydrogens (tertiary/aromatic N) is 3. The summed E-state index contributed by atoms with van der Waals surface area (Å²) in [5.41, 5.74) is 0.0658. The Morgan fingerprint density at radius 2 is 2.16 bits per heavy atom. The number of carbonyl (C=O) groups excluding carboxylic acids is 1. The number of aromatic nitrogens is 3. The minimum atomic E-state index is -4.48. The quantitative estimate of drug-likeness (QED) is 0.505. The zero-order valence-electron chi connectivity index (χ0n) is 17.2. The fourth-order valence-corrected chi connectivity index (χ4v) is 4.22. The van der Waals surface area contributed by atoms with Crippen molar-refractivity contribution in [2.24, 2.45) is 0 Å². The lowest BCUT2D eigenvalue weighted by molar-refractivity contribution is -0.137. The summed E-state index contributed by atoms with van der Waals surface area (Å²) < 4.78 is 51.7. The number of nitrogens with one attached hydrogen (secondary N) is 1. The number of ether oxygens (including phenoxy) is 1. The van der Waals surface area contributed by atoms with Gasteiger partial charge in [-0.1, -0.05) is 17.8 Å². The van der Waals surface area contributed by atoms with Gasteiger partial charge < -0.3 is 14.5 Å². The molecule has 1 unspecified atom stereocenters. The molecule has 0 spiro atoms. The first-order valence-corrected chi connectivity index (χ1v) is 11.0. The van der Waals surface area contributed by atoms with Gasteiger partial charge in [-0.25, -0.2) is 0 Å². The van der Waals surface area contributed by atoms with E-state index in [1.54, 1.807) is 12.3 Å². The zero-order chi connectivity index (χ0) is 22.7. The number of thioether (sulfide) groups is 1. The average molecular weight is 466 g/mol. The molecular weight excluding hydrogens is 445 g/mol. The first-order valence-electron chi connectivity index (χ1n) is 10.0. The molecule has 4 rings (SSSR count). The molecule has 0 bridgehead atoms. The van der Waals surface area contributed by atoms with Crippen molar-refractivity contribution in [1.82, 2.24) is 14.8 Å². The summed E-state index contributed by atoms with van der Waals surface area (Å²) in [6.07, 6.45) is -0.979. The minimum Gasteiger partial charge on any atom is -0.469 e. The van der Waals surface area contributed by atoms with E-state index in [1.165, 1.54) is 12.1 Å². The van der Waals surface area contributed by atoms with Gasteiger partial charge in [-0.15, -0.1) is 10.2 Å². The molecule has 1 N–H and O–H groups in total. The number of hydrogen-bond acceptors (Lipinski definition) is 6. The van der Waals surface area contributed by atoms with Crippen LogP contribution in [0.2, 0.25) is 0 Å². The van der Waals surface area contributed by atoms with E-state index in [2.05, 4.69) is 15.5 Å². The molecule has 0 aliphatic carbocycles. The van der Waals surface area contributed by atoms with Gasteiger partial charge in [-0.2, -0.15) is 13.2 Å². The number of benzene rings is 1. The standard InChI is InChI=1S/C21H21F3N4O3S/c1-13-17(7-9-30-13)19-26-27-20(28(19)11-16-6-3-8-31-16)32-12-18(29)25-15-5-2-4-14(10-15)21(22,23)24/h2,4-5,7,9-10,16H,3,6,8,11-12H2,1H3,(H,25,29). The SMILES string of the molecule is Cc1occc1-c1nnc(SCC(=O)Nc2cccc(C(F)(F)F)c2)n1CC1CCCO1. The van der Waals surface area contributed by atoms with Crippen LogP contribution in [-0.2, 0) is 22.3 Å². The summed E-state index contributed by atoms with van der Waals surface area (Å²) in [6, 6.07) is 6.33. The van der Waals surface area contributed by atoms with Crippen molar-refractivity contribution in [3.05, 3.63) is 47.9 Å². The lowest BCUT2D eigenvalue weighted by Crippen LogP contribution is -2.18. The highest BCUT2D eigenvalue weighted by atomic mass is 32.2. The third-order valence-electron chi connectivity index (χ3n) is 5.03. The molecule has 1 aliphatic rings. The van der Waals surface area contributed by atoms with Crippen molar-refractivity contribution < 1.29 is 27.1 Å². The molecule has 3 aromatic rings. The molecule has 32 heavy (non-hydrogen) atoms. The van der Waals surface area contributed by atoms with Gasteiger partial charge in [0.25, 0.3) is 0 Å². The Hall–Kier alpha value is -2.79. The van der Waals surface area contributed by atoms with Crippen LogP contribution in [0.5, 0.6) is 0 Å². The minimum absolute atomic E-state index is 0.0234. The average Bonchev–Trinajstić information content (AvgIpc) is 3.48. The van der Waals surface area contributed by atoms with Gasteiger partial charge in [0.15, 0.2) is 11.0 Å². The Balaban J connectivity index is 1.47. The molecule has 1 atom stereocenters. The van der Waals surface area contributed by atoms with Crippen LogP contribution in [0.4, 0.5) is 18.9 Å².